The van der Waals surface area contributed by atoms with Gasteiger partial charge in [0.2, 0.25) is 5.91 Å². The van der Waals surface area contributed by atoms with E-state index in [-0.39, 0.29) is 29.6 Å². The zero-order chi connectivity index (χ0) is 17.8. The van der Waals surface area contributed by atoms with E-state index in [1.54, 1.807) is 6.20 Å². The maximum absolute atomic E-state index is 12.3. The Hall–Kier alpha value is -2.99. The van der Waals surface area contributed by atoms with Crippen LogP contribution >= 0.6 is 0 Å². The minimum absolute atomic E-state index is 0.0586. The Morgan fingerprint density at radius 1 is 1.31 bits per heavy atom. The predicted molar refractivity (Wildman–Crippen MR) is 96.0 cm³/mol. The van der Waals surface area contributed by atoms with Crippen LogP contribution in [0.25, 0.3) is 17.0 Å². The maximum Gasteiger partial charge on any atom is 0.352 e. The first-order valence-corrected chi connectivity index (χ1v) is 8.72. The standard InChI is InChI=1S/C20H17N3O3/c24-19-16-17-14(7-8-21-16)13(18(20(25)26)23(17)19)6-5-11-9-12-3-1-2-4-15(12)22-10-11/h1-6,9-10,14,16-17,21H,7-8H2,(H,25,26)/b6-5+/t14?,16-,17+/m0/s1. The number of piperidine rings is 1. The van der Waals surface area contributed by atoms with Gasteiger partial charge in [-0.2, -0.15) is 0 Å². The molecule has 1 amide bonds. The number of carboxylic acids is 1. The molecule has 0 radical (unpaired) electrons. The van der Waals surface area contributed by atoms with E-state index in [4.69, 9.17) is 0 Å². The van der Waals surface area contributed by atoms with E-state index in [9.17, 15) is 14.7 Å². The van der Waals surface area contributed by atoms with Crippen molar-refractivity contribution in [1.29, 1.82) is 0 Å². The second kappa shape index (κ2) is 5.51. The van der Waals surface area contributed by atoms with Crippen LogP contribution in [0.2, 0.25) is 0 Å². The molecule has 2 saturated heterocycles. The van der Waals surface area contributed by atoms with Crippen LogP contribution in [0.3, 0.4) is 0 Å². The van der Waals surface area contributed by atoms with Gasteiger partial charge in [-0.3, -0.25) is 14.7 Å². The highest BCUT2D eigenvalue weighted by molar-refractivity contribution is 6.02. The molecular weight excluding hydrogens is 330 g/mol. The van der Waals surface area contributed by atoms with Gasteiger partial charge in [-0.05, 0) is 36.2 Å². The Balaban J connectivity index is 1.54. The monoisotopic (exact) mass is 347 g/mol. The number of carbonyl (C=O) groups is 2. The molecule has 2 aromatic rings. The molecule has 3 aliphatic rings. The molecule has 2 fully saturated rings. The molecule has 0 aliphatic carbocycles. The van der Waals surface area contributed by atoms with Gasteiger partial charge >= 0.3 is 5.97 Å². The van der Waals surface area contributed by atoms with Crippen LogP contribution < -0.4 is 5.32 Å². The molecule has 0 spiro atoms. The second-order valence-electron chi connectivity index (χ2n) is 6.93. The second-order valence-corrected chi connectivity index (χ2v) is 6.93. The van der Waals surface area contributed by atoms with Crippen LogP contribution in [-0.2, 0) is 9.59 Å². The number of amides is 1. The van der Waals surface area contributed by atoms with Gasteiger partial charge < -0.3 is 10.4 Å². The molecule has 0 bridgehead atoms. The van der Waals surface area contributed by atoms with Crippen molar-refractivity contribution in [1.82, 2.24) is 15.2 Å². The Labute approximate surface area is 149 Å². The predicted octanol–water partition coefficient (Wildman–Crippen LogP) is 1.79. The lowest BCUT2D eigenvalue weighted by Gasteiger charge is -2.48. The van der Waals surface area contributed by atoms with Crippen molar-refractivity contribution in [3.63, 3.8) is 0 Å². The number of aromatic nitrogens is 1. The van der Waals surface area contributed by atoms with Crippen molar-refractivity contribution >= 4 is 28.9 Å². The van der Waals surface area contributed by atoms with Gasteiger partial charge in [0.05, 0.1) is 11.6 Å². The van der Waals surface area contributed by atoms with Gasteiger partial charge in [0, 0.05) is 17.5 Å². The molecule has 130 valence electrons. The van der Waals surface area contributed by atoms with Gasteiger partial charge in [-0.15, -0.1) is 0 Å². The highest BCUT2D eigenvalue weighted by Gasteiger charge is 2.60. The Kier molecular flexibility index (Phi) is 3.24. The largest absolute Gasteiger partial charge is 0.477 e. The number of pyridine rings is 1. The van der Waals surface area contributed by atoms with Gasteiger partial charge in [0.25, 0.3) is 0 Å². The quantitative estimate of drug-likeness (QED) is 0.827. The first-order valence-electron chi connectivity index (χ1n) is 8.72. The zero-order valence-corrected chi connectivity index (χ0v) is 13.9. The molecule has 1 aromatic heterocycles. The highest BCUT2D eigenvalue weighted by Crippen LogP contribution is 2.46. The number of nitrogens with one attached hydrogen (secondary N) is 1. The first kappa shape index (κ1) is 15.3. The SMILES string of the molecule is O=C(O)C1=C(/C=C/c2cnc3ccccc3c2)C2CCN[C@@H]3C(=O)N1[C@H]23. The summed E-state index contributed by atoms with van der Waals surface area (Å²) < 4.78 is 0. The number of β-lactam (4-membered cyclic amide) rings is 1. The smallest absolute Gasteiger partial charge is 0.352 e. The van der Waals surface area contributed by atoms with Crippen molar-refractivity contribution in [3.8, 4) is 0 Å². The van der Waals surface area contributed by atoms with Crippen LogP contribution in [0, 0.1) is 5.92 Å². The Morgan fingerprint density at radius 2 is 2.15 bits per heavy atom. The number of benzene rings is 1. The lowest BCUT2D eigenvalue weighted by atomic mass is 9.79. The fourth-order valence-corrected chi connectivity index (χ4v) is 4.40. The average molecular weight is 347 g/mol. The van der Waals surface area contributed by atoms with Crippen molar-refractivity contribution < 1.29 is 14.7 Å². The minimum atomic E-state index is -1.04. The van der Waals surface area contributed by atoms with Gasteiger partial charge in [-0.25, -0.2) is 4.79 Å². The molecule has 1 unspecified atom stereocenters. The number of carbonyl (C=O) groups excluding carboxylic acids is 1. The topological polar surface area (TPSA) is 82.5 Å². The zero-order valence-electron chi connectivity index (χ0n) is 13.9. The van der Waals surface area contributed by atoms with E-state index in [2.05, 4.69) is 10.3 Å². The van der Waals surface area contributed by atoms with Crippen LogP contribution in [0.1, 0.15) is 12.0 Å². The Bertz CT molecular complexity index is 1010. The van der Waals surface area contributed by atoms with Gasteiger partial charge in [-0.1, -0.05) is 30.4 Å². The molecule has 5 rings (SSSR count). The molecule has 4 heterocycles. The number of rotatable bonds is 3. The molecular formula is C20H17N3O3. The number of allylic oxidation sites excluding steroid dienone is 1. The third kappa shape index (κ3) is 2.05. The summed E-state index contributed by atoms with van der Waals surface area (Å²) in [6, 6.07) is 9.59. The number of carboxylic acid groups (broad SMARTS) is 1. The van der Waals surface area contributed by atoms with Crippen LogP contribution in [0.15, 0.2) is 53.9 Å². The van der Waals surface area contributed by atoms with Crippen molar-refractivity contribution in [3.05, 3.63) is 59.4 Å². The summed E-state index contributed by atoms with van der Waals surface area (Å²) in [5, 5.41) is 13.9. The molecule has 6 heteroatoms. The fourth-order valence-electron chi connectivity index (χ4n) is 4.40. The average Bonchev–Trinajstić information content (AvgIpc) is 2.99. The summed E-state index contributed by atoms with van der Waals surface area (Å²) in [6.45, 7) is 0.729. The molecule has 1 aromatic carbocycles. The van der Waals surface area contributed by atoms with Crippen molar-refractivity contribution in [2.24, 2.45) is 5.92 Å². The lowest BCUT2D eigenvalue weighted by molar-refractivity contribution is -0.154. The molecule has 2 N–H and O–H groups in total. The van der Waals surface area contributed by atoms with E-state index in [1.807, 2.05) is 42.5 Å². The number of aliphatic carboxylic acids is 1. The van der Waals surface area contributed by atoms with Crippen molar-refractivity contribution in [2.75, 3.05) is 6.54 Å². The summed E-state index contributed by atoms with van der Waals surface area (Å²) >= 11 is 0. The summed E-state index contributed by atoms with van der Waals surface area (Å²) in [5.41, 5.74) is 2.71. The normalized spacial score (nSPS) is 27.2. The summed E-state index contributed by atoms with van der Waals surface area (Å²) in [6.07, 6.45) is 6.36. The Morgan fingerprint density at radius 3 is 3.00 bits per heavy atom. The third-order valence-corrected chi connectivity index (χ3v) is 5.56. The van der Waals surface area contributed by atoms with E-state index in [1.165, 1.54) is 4.90 Å². The summed E-state index contributed by atoms with van der Waals surface area (Å²) in [7, 11) is 0. The molecule has 0 saturated carbocycles. The van der Waals surface area contributed by atoms with E-state index >= 15 is 0 Å². The molecule has 6 nitrogen and oxygen atoms in total. The van der Waals surface area contributed by atoms with Gasteiger partial charge in [0.1, 0.15) is 11.7 Å². The maximum atomic E-state index is 12.3. The number of nitrogens with zero attached hydrogens (tertiary/aromatic N) is 2. The number of hydrogen-bond acceptors (Lipinski definition) is 4. The third-order valence-electron chi connectivity index (χ3n) is 5.56. The van der Waals surface area contributed by atoms with E-state index in [0.717, 1.165) is 35.0 Å². The molecule has 26 heavy (non-hydrogen) atoms. The number of fused-ring (bicyclic) bond motifs is 1. The first-order chi connectivity index (χ1) is 12.6. The van der Waals surface area contributed by atoms with Crippen LogP contribution in [-0.4, -0.2) is 45.5 Å². The van der Waals surface area contributed by atoms with Crippen molar-refractivity contribution in [2.45, 2.75) is 18.5 Å². The minimum Gasteiger partial charge on any atom is -0.477 e. The van der Waals surface area contributed by atoms with E-state index < -0.39 is 5.97 Å². The number of para-hydroxylation sites is 1. The van der Waals surface area contributed by atoms with E-state index in [0.29, 0.717) is 0 Å². The van der Waals surface area contributed by atoms with Crippen LogP contribution in [0.5, 0.6) is 0 Å². The fraction of sp³-hybridized carbons (Fsp3) is 0.250. The molecule has 3 aliphatic heterocycles. The summed E-state index contributed by atoms with van der Waals surface area (Å²) in [4.78, 5) is 30.0. The highest BCUT2D eigenvalue weighted by atomic mass is 16.4. The van der Waals surface area contributed by atoms with Gasteiger partial charge in [0.15, 0.2) is 0 Å². The summed E-state index contributed by atoms with van der Waals surface area (Å²) in [5.74, 6) is -1.09. The number of hydrogen-bond donors (Lipinski definition) is 2. The lowest BCUT2D eigenvalue weighted by Crippen LogP contribution is -2.71. The molecule has 3 atom stereocenters. The van der Waals surface area contributed by atoms with Crippen LogP contribution in [0.4, 0.5) is 0 Å².